The number of piperazine rings is 1. The van der Waals surface area contributed by atoms with Crippen molar-refractivity contribution in [1.29, 1.82) is 0 Å². The highest BCUT2D eigenvalue weighted by Crippen LogP contribution is 2.05. The van der Waals surface area contributed by atoms with Gasteiger partial charge in [-0.1, -0.05) is 6.92 Å². The minimum absolute atomic E-state index is 0.134. The van der Waals surface area contributed by atoms with Gasteiger partial charge in [0.25, 0.3) is 11.7 Å². The first-order valence-corrected chi connectivity index (χ1v) is 5.56. The second-order valence-electron chi connectivity index (χ2n) is 3.87. The van der Waals surface area contributed by atoms with E-state index < -0.39 is 0 Å². The lowest BCUT2D eigenvalue weighted by molar-refractivity contribution is 0.0625. The van der Waals surface area contributed by atoms with E-state index in [1.54, 1.807) is 4.90 Å². The van der Waals surface area contributed by atoms with Crippen LogP contribution in [-0.2, 0) is 0 Å². The highest BCUT2D eigenvalue weighted by atomic mass is 16.2. The molecule has 88 valence electrons. The summed E-state index contributed by atoms with van der Waals surface area (Å²) in [7, 11) is 0. The Morgan fingerprint density at radius 1 is 1.38 bits per heavy atom. The van der Waals surface area contributed by atoms with Crippen molar-refractivity contribution in [2.45, 2.75) is 13.3 Å². The Kier molecular flexibility index (Phi) is 3.45. The van der Waals surface area contributed by atoms with Crippen LogP contribution in [0.25, 0.3) is 0 Å². The van der Waals surface area contributed by atoms with Gasteiger partial charge in [0, 0.05) is 26.2 Å². The average Bonchev–Trinajstić information content (AvgIpc) is 2.83. The van der Waals surface area contributed by atoms with Crippen LogP contribution in [0.2, 0.25) is 0 Å². The maximum absolute atomic E-state index is 11.8. The van der Waals surface area contributed by atoms with Crippen LogP contribution in [0, 0.1) is 0 Å². The maximum atomic E-state index is 11.8. The summed E-state index contributed by atoms with van der Waals surface area (Å²) in [6, 6.07) is 0. The molecule has 1 aromatic heterocycles. The fraction of sp³-hybridized carbons (Fsp3) is 0.778. The predicted octanol–water partition coefficient (Wildman–Crippen LogP) is -0.632. The number of rotatable bonds is 3. The van der Waals surface area contributed by atoms with Crippen molar-refractivity contribution in [2.24, 2.45) is 0 Å². The molecule has 0 unspecified atom stereocenters. The molecule has 1 aromatic rings. The molecule has 1 saturated heterocycles. The standard InChI is InChI=1S/C9H16N6O/c1-2-3-14-4-6-15(7-5-14)9(16)8-10-12-13-11-8/h2-7H2,1H3,(H,10,11,12,13). The van der Waals surface area contributed by atoms with Crippen LogP contribution in [0.15, 0.2) is 0 Å². The smallest absolute Gasteiger partial charge is 0.295 e. The van der Waals surface area contributed by atoms with Crippen molar-refractivity contribution in [3.8, 4) is 0 Å². The first-order chi connectivity index (χ1) is 7.81. The van der Waals surface area contributed by atoms with Gasteiger partial charge in [0.05, 0.1) is 0 Å². The fourth-order valence-electron chi connectivity index (χ4n) is 1.88. The molecule has 1 fully saturated rings. The molecule has 0 spiro atoms. The van der Waals surface area contributed by atoms with E-state index >= 15 is 0 Å². The number of carbonyl (C=O) groups is 1. The number of carbonyl (C=O) groups excluding carboxylic acids is 1. The van der Waals surface area contributed by atoms with Crippen molar-refractivity contribution >= 4 is 5.91 Å². The average molecular weight is 224 g/mol. The SMILES string of the molecule is CCCN1CCN(C(=O)c2nn[nH]n2)CC1. The number of nitrogens with zero attached hydrogens (tertiary/aromatic N) is 5. The van der Waals surface area contributed by atoms with E-state index in [-0.39, 0.29) is 11.7 Å². The summed E-state index contributed by atoms with van der Waals surface area (Å²) in [5, 5.41) is 13.1. The van der Waals surface area contributed by atoms with Gasteiger partial charge in [-0.05, 0) is 18.2 Å². The molecular weight excluding hydrogens is 208 g/mol. The minimum Gasteiger partial charge on any atom is -0.333 e. The second-order valence-corrected chi connectivity index (χ2v) is 3.87. The largest absolute Gasteiger partial charge is 0.333 e. The summed E-state index contributed by atoms with van der Waals surface area (Å²) >= 11 is 0. The van der Waals surface area contributed by atoms with Crippen LogP contribution >= 0.6 is 0 Å². The van der Waals surface area contributed by atoms with Gasteiger partial charge in [0.2, 0.25) is 0 Å². The molecule has 0 atom stereocenters. The number of tetrazole rings is 1. The maximum Gasteiger partial charge on any atom is 0.295 e. The number of aromatic amines is 1. The van der Waals surface area contributed by atoms with Crippen molar-refractivity contribution < 1.29 is 4.79 Å². The Labute approximate surface area is 93.8 Å². The van der Waals surface area contributed by atoms with Gasteiger partial charge in [-0.25, -0.2) is 0 Å². The zero-order chi connectivity index (χ0) is 11.4. The molecule has 7 heteroatoms. The summed E-state index contributed by atoms with van der Waals surface area (Å²) < 4.78 is 0. The van der Waals surface area contributed by atoms with E-state index in [2.05, 4.69) is 32.4 Å². The zero-order valence-corrected chi connectivity index (χ0v) is 9.39. The topological polar surface area (TPSA) is 78.0 Å². The molecular formula is C9H16N6O. The molecule has 1 amide bonds. The zero-order valence-electron chi connectivity index (χ0n) is 9.39. The Bertz CT molecular complexity index is 330. The number of hydrogen-bond donors (Lipinski definition) is 1. The number of nitrogens with one attached hydrogen (secondary N) is 1. The second kappa shape index (κ2) is 5.02. The molecule has 16 heavy (non-hydrogen) atoms. The Morgan fingerprint density at radius 3 is 2.69 bits per heavy atom. The molecule has 0 aliphatic carbocycles. The number of aromatic nitrogens is 4. The van der Waals surface area contributed by atoms with E-state index in [1.807, 2.05) is 0 Å². The van der Waals surface area contributed by atoms with Crippen LogP contribution in [0.5, 0.6) is 0 Å². The molecule has 0 radical (unpaired) electrons. The van der Waals surface area contributed by atoms with E-state index in [0.29, 0.717) is 0 Å². The number of H-pyrrole nitrogens is 1. The lowest BCUT2D eigenvalue weighted by atomic mass is 10.3. The number of amides is 1. The summed E-state index contributed by atoms with van der Waals surface area (Å²) in [4.78, 5) is 16.0. The van der Waals surface area contributed by atoms with Gasteiger partial charge < -0.3 is 4.90 Å². The molecule has 1 N–H and O–H groups in total. The Balaban J connectivity index is 1.87. The summed E-state index contributed by atoms with van der Waals surface area (Å²) in [5.41, 5.74) is 0. The molecule has 0 bridgehead atoms. The normalized spacial score (nSPS) is 17.7. The third kappa shape index (κ3) is 2.35. The van der Waals surface area contributed by atoms with Crippen molar-refractivity contribution in [1.82, 2.24) is 30.4 Å². The van der Waals surface area contributed by atoms with Crippen LogP contribution in [0.3, 0.4) is 0 Å². The van der Waals surface area contributed by atoms with Gasteiger partial charge in [0.1, 0.15) is 0 Å². The molecule has 2 heterocycles. The fourth-order valence-corrected chi connectivity index (χ4v) is 1.88. The third-order valence-electron chi connectivity index (χ3n) is 2.74. The molecule has 7 nitrogen and oxygen atoms in total. The minimum atomic E-state index is -0.134. The lowest BCUT2D eigenvalue weighted by Crippen LogP contribution is -2.49. The number of hydrogen-bond acceptors (Lipinski definition) is 5. The van der Waals surface area contributed by atoms with Crippen LogP contribution < -0.4 is 0 Å². The Morgan fingerprint density at radius 2 is 2.12 bits per heavy atom. The molecule has 1 aliphatic rings. The van der Waals surface area contributed by atoms with E-state index in [4.69, 9.17) is 0 Å². The molecule has 0 saturated carbocycles. The summed E-state index contributed by atoms with van der Waals surface area (Å²) in [5.74, 6) is 0.0221. The lowest BCUT2D eigenvalue weighted by Gasteiger charge is -2.33. The highest BCUT2D eigenvalue weighted by molar-refractivity contribution is 5.90. The van der Waals surface area contributed by atoms with E-state index in [0.717, 1.165) is 39.1 Å². The quantitative estimate of drug-likeness (QED) is 0.739. The van der Waals surface area contributed by atoms with Crippen molar-refractivity contribution in [3.05, 3.63) is 5.82 Å². The van der Waals surface area contributed by atoms with Gasteiger partial charge in [-0.15, -0.1) is 10.2 Å². The van der Waals surface area contributed by atoms with Crippen LogP contribution in [-0.4, -0.2) is 69.1 Å². The highest BCUT2D eigenvalue weighted by Gasteiger charge is 2.23. The first kappa shape index (κ1) is 11.0. The summed E-state index contributed by atoms with van der Waals surface area (Å²) in [6.45, 7) is 6.61. The first-order valence-electron chi connectivity index (χ1n) is 5.56. The van der Waals surface area contributed by atoms with E-state index in [9.17, 15) is 4.79 Å². The summed E-state index contributed by atoms with van der Waals surface area (Å²) in [6.07, 6.45) is 1.15. The Hall–Kier alpha value is -1.50. The van der Waals surface area contributed by atoms with Gasteiger partial charge >= 0.3 is 0 Å². The van der Waals surface area contributed by atoms with Crippen LogP contribution in [0.1, 0.15) is 24.0 Å². The predicted molar refractivity (Wildman–Crippen MR) is 56.8 cm³/mol. The molecule has 2 rings (SSSR count). The van der Waals surface area contributed by atoms with Gasteiger partial charge in [-0.2, -0.15) is 5.21 Å². The van der Waals surface area contributed by atoms with Crippen molar-refractivity contribution in [2.75, 3.05) is 32.7 Å². The van der Waals surface area contributed by atoms with E-state index in [1.165, 1.54) is 0 Å². The molecule has 1 aliphatic heterocycles. The van der Waals surface area contributed by atoms with Gasteiger partial charge in [-0.3, -0.25) is 9.69 Å². The third-order valence-corrected chi connectivity index (χ3v) is 2.74. The van der Waals surface area contributed by atoms with Crippen LogP contribution in [0.4, 0.5) is 0 Å². The van der Waals surface area contributed by atoms with Gasteiger partial charge in [0.15, 0.2) is 0 Å². The van der Waals surface area contributed by atoms with Crippen molar-refractivity contribution in [3.63, 3.8) is 0 Å². The molecule has 0 aromatic carbocycles. The monoisotopic (exact) mass is 224 g/mol.